The van der Waals surface area contributed by atoms with Gasteiger partial charge in [-0.3, -0.25) is 4.79 Å². The number of ether oxygens (including phenoxy) is 1. The maximum atomic E-state index is 12.9. The third-order valence-corrected chi connectivity index (χ3v) is 5.23. The van der Waals surface area contributed by atoms with Crippen LogP contribution in [0, 0.1) is 5.92 Å². The maximum Gasteiger partial charge on any atom is 0.359 e. The molecule has 170 valence electrons. The van der Waals surface area contributed by atoms with Crippen molar-refractivity contribution in [2.45, 2.75) is 46.8 Å². The lowest BCUT2D eigenvalue weighted by Gasteiger charge is -2.11. The highest BCUT2D eigenvalue weighted by Gasteiger charge is 2.20. The first kappa shape index (κ1) is 22.4. The number of benzene rings is 2. The van der Waals surface area contributed by atoms with Crippen LogP contribution < -0.4 is 5.56 Å². The van der Waals surface area contributed by atoms with Crippen LogP contribution in [0.25, 0.3) is 22.2 Å². The zero-order chi connectivity index (χ0) is 23.5. The van der Waals surface area contributed by atoms with E-state index in [0.29, 0.717) is 29.1 Å². The number of hydrogen-bond acceptors (Lipinski definition) is 7. The first-order chi connectivity index (χ1) is 15.8. The highest BCUT2D eigenvalue weighted by Crippen LogP contribution is 2.21. The standard InChI is InChI=1S/C25H26N4O4/c1-15(2)13-29-24(30)20-8-6-5-7-19(20)22(27-29)25(31)32-14-21-26-23(28-33-21)18-11-9-17(10-12-18)16(3)4/h5-12,15-16H,13-14H2,1-4H3. The first-order valence-corrected chi connectivity index (χ1v) is 10.9. The van der Waals surface area contributed by atoms with Crippen molar-refractivity contribution in [3.8, 4) is 11.4 Å². The number of carbonyl (C=O) groups excluding carboxylic acids is 1. The highest BCUT2D eigenvalue weighted by atomic mass is 16.6. The lowest BCUT2D eigenvalue weighted by atomic mass is 10.0. The molecule has 8 heteroatoms. The van der Waals surface area contributed by atoms with E-state index in [2.05, 4.69) is 29.1 Å². The van der Waals surface area contributed by atoms with Crippen LogP contribution in [0.2, 0.25) is 0 Å². The second kappa shape index (κ2) is 9.36. The fourth-order valence-electron chi connectivity index (χ4n) is 3.50. The van der Waals surface area contributed by atoms with Crippen LogP contribution in [0.4, 0.5) is 0 Å². The van der Waals surface area contributed by atoms with Crippen molar-refractivity contribution >= 4 is 16.7 Å². The number of fused-ring (bicyclic) bond motifs is 1. The van der Waals surface area contributed by atoms with Gasteiger partial charge in [0.15, 0.2) is 12.3 Å². The quantitative estimate of drug-likeness (QED) is 0.383. The molecule has 0 aliphatic rings. The molecule has 4 rings (SSSR count). The molecule has 33 heavy (non-hydrogen) atoms. The number of hydrogen-bond donors (Lipinski definition) is 0. The minimum absolute atomic E-state index is 0.0786. The number of nitrogens with zero attached hydrogens (tertiary/aromatic N) is 4. The molecule has 8 nitrogen and oxygen atoms in total. The summed E-state index contributed by atoms with van der Waals surface area (Å²) in [5, 5.41) is 9.14. The molecule has 0 amide bonds. The molecular formula is C25H26N4O4. The average Bonchev–Trinajstić information content (AvgIpc) is 3.28. The lowest BCUT2D eigenvalue weighted by molar-refractivity contribution is 0.0422. The molecule has 0 fully saturated rings. The van der Waals surface area contributed by atoms with Crippen LogP contribution in [-0.4, -0.2) is 25.9 Å². The van der Waals surface area contributed by atoms with E-state index in [1.165, 1.54) is 10.2 Å². The highest BCUT2D eigenvalue weighted by molar-refractivity contribution is 6.02. The van der Waals surface area contributed by atoms with Crippen molar-refractivity contribution in [2.24, 2.45) is 5.92 Å². The van der Waals surface area contributed by atoms with Gasteiger partial charge >= 0.3 is 5.97 Å². The molecule has 2 aromatic heterocycles. The van der Waals surface area contributed by atoms with Crippen LogP contribution in [-0.2, 0) is 17.9 Å². The summed E-state index contributed by atoms with van der Waals surface area (Å²) in [4.78, 5) is 29.9. The third kappa shape index (κ3) is 4.84. The SMILES string of the molecule is CC(C)Cn1nc(C(=O)OCc2nc(-c3ccc(C(C)C)cc3)no2)c2ccccc2c1=O. The van der Waals surface area contributed by atoms with Gasteiger partial charge in [-0.05, 0) is 23.5 Å². The van der Waals surface area contributed by atoms with Gasteiger partial charge in [-0.1, -0.05) is 75.3 Å². The Labute approximate surface area is 191 Å². The van der Waals surface area contributed by atoms with E-state index >= 15 is 0 Å². The number of rotatable bonds is 7. The van der Waals surface area contributed by atoms with Gasteiger partial charge in [-0.2, -0.15) is 10.1 Å². The smallest absolute Gasteiger partial charge is 0.359 e. The Hall–Kier alpha value is -3.81. The van der Waals surface area contributed by atoms with Gasteiger partial charge < -0.3 is 9.26 Å². The molecular weight excluding hydrogens is 420 g/mol. The Morgan fingerprint density at radius 1 is 1.03 bits per heavy atom. The van der Waals surface area contributed by atoms with Gasteiger partial charge in [-0.15, -0.1) is 0 Å². The van der Waals surface area contributed by atoms with Gasteiger partial charge in [0, 0.05) is 17.5 Å². The Bertz CT molecular complexity index is 1340. The van der Waals surface area contributed by atoms with Gasteiger partial charge in [0.05, 0.1) is 5.39 Å². The second-order valence-electron chi connectivity index (χ2n) is 8.64. The van der Waals surface area contributed by atoms with Gasteiger partial charge in [0.2, 0.25) is 5.82 Å². The van der Waals surface area contributed by atoms with Crippen molar-refractivity contribution in [1.29, 1.82) is 0 Å². The molecule has 0 N–H and O–H groups in total. The maximum absolute atomic E-state index is 12.9. The minimum Gasteiger partial charge on any atom is -0.451 e. The Morgan fingerprint density at radius 3 is 2.39 bits per heavy atom. The Kier molecular flexibility index (Phi) is 6.35. The van der Waals surface area contributed by atoms with Crippen LogP contribution in [0.15, 0.2) is 57.8 Å². The van der Waals surface area contributed by atoms with Crippen LogP contribution in [0.3, 0.4) is 0 Å². The predicted molar refractivity (Wildman–Crippen MR) is 124 cm³/mol. The Balaban J connectivity index is 1.54. The lowest BCUT2D eigenvalue weighted by Crippen LogP contribution is -2.28. The van der Waals surface area contributed by atoms with Crippen LogP contribution in [0.5, 0.6) is 0 Å². The second-order valence-corrected chi connectivity index (χ2v) is 8.64. The van der Waals surface area contributed by atoms with E-state index in [0.717, 1.165) is 5.56 Å². The summed E-state index contributed by atoms with van der Waals surface area (Å²) in [6.45, 7) is 8.41. The van der Waals surface area contributed by atoms with E-state index in [1.54, 1.807) is 24.3 Å². The minimum atomic E-state index is -0.662. The Morgan fingerprint density at radius 2 is 1.73 bits per heavy atom. The average molecular weight is 447 g/mol. The van der Waals surface area contributed by atoms with Crippen molar-refractivity contribution in [2.75, 3.05) is 0 Å². The van der Waals surface area contributed by atoms with Gasteiger partial charge in [0.1, 0.15) is 0 Å². The number of esters is 1. The molecule has 0 bridgehead atoms. The first-order valence-electron chi connectivity index (χ1n) is 10.9. The van der Waals surface area contributed by atoms with E-state index < -0.39 is 5.97 Å². The van der Waals surface area contributed by atoms with E-state index in [4.69, 9.17) is 9.26 Å². The van der Waals surface area contributed by atoms with Crippen LogP contribution >= 0.6 is 0 Å². The summed E-state index contributed by atoms with van der Waals surface area (Å²) in [5.41, 5.74) is 1.87. The number of aromatic nitrogens is 4. The molecule has 0 atom stereocenters. The topological polar surface area (TPSA) is 100 Å². The van der Waals surface area contributed by atoms with E-state index in [9.17, 15) is 9.59 Å². The molecule has 0 spiro atoms. The summed E-state index contributed by atoms with van der Waals surface area (Å²) in [6.07, 6.45) is 0. The van der Waals surface area contributed by atoms with Gasteiger partial charge in [-0.25, -0.2) is 9.48 Å². The fourth-order valence-corrected chi connectivity index (χ4v) is 3.50. The number of carbonyl (C=O) groups is 1. The fraction of sp³-hybridized carbons (Fsp3) is 0.320. The molecule has 0 radical (unpaired) electrons. The monoisotopic (exact) mass is 446 g/mol. The van der Waals surface area contributed by atoms with Crippen LogP contribution in [0.1, 0.15) is 55.6 Å². The van der Waals surface area contributed by atoms with Crippen molar-refractivity contribution in [3.63, 3.8) is 0 Å². The molecule has 2 heterocycles. The normalized spacial score (nSPS) is 11.5. The van der Waals surface area contributed by atoms with Crippen molar-refractivity contribution < 1.29 is 14.1 Å². The van der Waals surface area contributed by atoms with E-state index in [1.807, 2.05) is 38.1 Å². The summed E-state index contributed by atoms with van der Waals surface area (Å²) < 4.78 is 12.0. The molecule has 0 aliphatic heterocycles. The van der Waals surface area contributed by atoms with Gasteiger partial charge in [0.25, 0.3) is 11.4 Å². The summed E-state index contributed by atoms with van der Waals surface area (Å²) in [5.74, 6) is 0.548. The third-order valence-electron chi connectivity index (χ3n) is 5.23. The largest absolute Gasteiger partial charge is 0.451 e. The molecule has 0 saturated heterocycles. The molecule has 2 aromatic carbocycles. The zero-order valence-corrected chi connectivity index (χ0v) is 19.1. The van der Waals surface area contributed by atoms with Crippen molar-refractivity contribution in [3.05, 3.63) is 76.0 Å². The molecule has 0 unspecified atom stereocenters. The molecule has 4 aromatic rings. The molecule has 0 saturated carbocycles. The van der Waals surface area contributed by atoms with E-state index in [-0.39, 0.29) is 29.7 Å². The molecule has 0 aliphatic carbocycles. The summed E-state index contributed by atoms with van der Waals surface area (Å²) in [7, 11) is 0. The van der Waals surface area contributed by atoms with Crippen molar-refractivity contribution in [1.82, 2.24) is 19.9 Å². The predicted octanol–water partition coefficient (Wildman–Crippen LogP) is 4.58. The summed E-state index contributed by atoms with van der Waals surface area (Å²) in [6, 6.07) is 14.8. The summed E-state index contributed by atoms with van der Waals surface area (Å²) >= 11 is 0. The zero-order valence-electron chi connectivity index (χ0n) is 19.1.